The molecule has 45 heavy (non-hydrogen) atoms. The van der Waals surface area contributed by atoms with Gasteiger partial charge in [0, 0.05) is 32.8 Å². The van der Waals surface area contributed by atoms with Crippen molar-refractivity contribution in [2.75, 3.05) is 0 Å². The summed E-state index contributed by atoms with van der Waals surface area (Å²) in [4.78, 5) is 10.3. The number of furan rings is 2. The summed E-state index contributed by atoms with van der Waals surface area (Å²) in [5.74, 6) is 0.598. The highest BCUT2D eigenvalue weighted by Gasteiger charge is 2.23. The lowest BCUT2D eigenvalue weighted by Gasteiger charge is -2.07. The zero-order valence-corrected chi connectivity index (χ0v) is 23.9. The van der Waals surface area contributed by atoms with E-state index in [-0.39, 0.29) is 0 Å². The first-order chi connectivity index (χ1) is 22.3. The number of aromatic nitrogens is 3. The van der Waals surface area contributed by atoms with Crippen molar-refractivity contribution in [1.29, 1.82) is 0 Å². The van der Waals surface area contributed by atoms with Gasteiger partial charge in [-0.2, -0.15) is 0 Å². The van der Waals surface area contributed by atoms with Crippen molar-refractivity contribution in [3.8, 4) is 28.3 Å². The van der Waals surface area contributed by atoms with Gasteiger partial charge in [-0.25, -0.2) is 9.97 Å². The molecule has 6 aromatic carbocycles. The normalized spacial score (nSPS) is 12.0. The van der Waals surface area contributed by atoms with Crippen LogP contribution in [0.1, 0.15) is 0 Å². The second-order valence-electron chi connectivity index (χ2n) is 11.3. The van der Waals surface area contributed by atoms with Gasteiger partial charge in [0.15, 0.2) is 11.4 Å². The number of hydrogen-bond acceptors (Lipinski definition) is 4. The number of fused-ring (bicyclic) bond motifs is 10. The van der Waals surface area contributed by atoms with Crippen molar-refractivity contribution in [3.63, 3.8) is 0 Å². The Kier molecular flexibility index (Phi) is 4.93. The molecule has 5 nitrogen and oxygen atoms in total. The van der Waals surface area contributed by atoms with Crippen molar-refractivity contribution in [3.05, 3.63) is 140 Å². The second kappa shape index (κ2) is 9.15. The van der Waals surface area contributed by atoms with E-state index in [0.29, 0.717) is 11.4 Å². The molecule has 0 bridgehead atoms. The fraction of sp³-hybridized carbons (Fsp3) is 0. The summed E-state index contributed by atoms with van der Waals surface area (Å²) < 4.78 is 15.6. The average molecular weight is 578 g/mol. The minimum absolute atomic E-state index is 0.598. The minimum atomic E-state index is 0.598. The maximum atomic E-state index is 6.92. The molecule has 0 radical (unpaired) electrons. The average Bonchev–Trinajstić information content (AvgIpc) is 3.78. The molecule has 210 valence electrons. The summed E-state index contributed by atoms with van der Waals surface area (Å²) in [6.07, 6.45) is 0. The molecule has 5 heteroatoms. The van der Waals surface area contributed by atoms with Gasteiger partial charge in [-0.05, 0) is 48.5 Å². The van der Waals surface area contributed by atoms with Gasteiger partial charge in [0.1, 0.15) is 28.0 Å². The third kappa shape index (κ3) is 3.43. The largest absolute Gasteiger partial charge is 0.455 e. The molecule has 10 rings (SSSR count). The summed E-state index contributed by atoms with van der Waals surface area (Å²) in [5.41, 5.74) is 9.80. The molecule has 0 atom stereocenters. The standard InChI is InChI=1S/C40H23N3O2/c1-3-12-24(13-4-1)35-39-36(29-17-8-10-21-33(29)44-39)42-40(41-35)30-19-11-18-26-27-22-23-32-34(38(27)45-37(26)30)28-16-7-9-20-31(28)43(32)25-14-5-2-6-15-25/h1-23H. The third-order valence-electron chi connectivity index (χ3n) is 8.82. The molecular formula is C40H23N3O2. The number of para-hydroxylation sites is 4. The zero-order chi connectivity index (χ0) is 29.5. The van der Waals surface area contributed by atoms with Gasteiger partial charge < -0.3 is 13.4 Å². The molecule has 0 saturated heterocycles. The van der Waals surface area contributed by atoms with Crippen LogP contribution in [-0.2, 0) is 0 Å². The molecule has 4 heterocycles. The maximum Gasteiger partial charge on any atom is 0.180 e. The summed E-state index contributed by atoms with van der Waals surface area (Å²) in [6, 6.07) is 47.8. The van der Waals surface area contributed by atoms with Gasteiger partial charge in [0.2, 0.25) is 0 Å². The van der Waals surface area contributed by atoms with E-state index in [4.69, 9.17) is 18.8 Å². The summed E-state index contributed by atoms with van der Waals surface area (Å²) in [6.45, 7) is 0. The Balaban J connectivity index is 1.30. The van der Waals surface area contributed by atoms with Gasteiger partial charge in [-0.1, -0.05) is 91.0 Å². The molecule has 0 aliphatic heterocycles. The smallest absolute Gasteiger partial charge is 0.180 e. The molecule has 0 saturated carbocycles. The van der Waals surface area contributed by atoms with E-state index < -0.39 is 0 Å². The fourth-order valence-corrected chi connectivity index (χ4v) is 6.84. The first kappa shape index (κ1) is 24.3. The van der Waals surface area contributed by atoms with E-state index in [9.17, 15) is 0 Å². The number of hydrogen-bond donors (Lipinski definition) is 0. The Bertz CT molecular complexity index is 2750. The predicted octanol–water partition coefficient (Wildman–Crippen LogP) is 10.7. The van der Waals surface area contributed by atoms with Crippen LogP contribution < -0.4 is 0 Å². The number of nitrogens with zero attached hydrogens (tertiary/aromatic N) is 3. The lowest BCUT2D eigenvalue weighted by Crippen LogP contribution is -1.94. The summed E-state index contributed by atoms with van der Waals surface area (Å²) in [5, 5.41) is 5.30. The highest BCUT2D eigenvalue weighted by atomic mass is 16.3. The van der Waals surface area contributed by atoms with Crippen molar-refractivity contribution in [2.24, 2.45) is 0 Å². The Labute approximate surface area is 256 Å². The Hall–Kier alpha value is -6.20. The van der Waals surface area contributed by atoms with E-state index in [1.807, 2.05) is 54.6 Å². The quantitative estimate of drug-likeness (QED) is 0.210. The minimum Gasteiger partial charge on any atom is -0.455 e. The first-order valence-corrected chi connectivity index (χ1v) is 15.0. The van der Waals surface area contributed by atoms with E-state index in [1.165, 1.54) is 0 Å². The van der Waals surface area contributed by atoms with Crippen LogP contribution in [0.25, 0.3) is 94.1 Å². The van der Waals surface area contributed by atoms with Crippen molar-refractivity contribution >= 4 is 65.8 Å². The zero-order valence-electron chi connectivity index (χ0n) is 23.9. The summed E-state index contributed by atoms with van der Waals surface area (Å²) in [7, 11) is 0. The molecule has 0 aliphatic carbocycles. The molecule has 0 amide bonds. The van der Waals surface area contributed by atoms with Crippen LogP contribution >= 0.6 is 0 Å². The Morgan fingerprint density at radius 3 is 2.04 bits per heavy atom. The Morgan fingerprint density at radius 1 is 0.467 bits per heavy atom. The lowest BCUT2D eigenvalue weighted by molar-refractivity contribution is 0.666. The number of rotatable bonds is 3. The number of benzene rings is 6. The first-order valence-electron chi connectivity index (χ1n) is 15.0. The van der Waals surface area contributed by atoms with Crippen LogP contribution in [0.4, 0.5) is 0 Å². The van der Waals surface area contributed by atoms with E-state index in [2.05, 4.69) is 89.5 Å². The van der Waals surface area contributed by atoms with Crippen LogP contribution in [0.3, 0.4) is 0 Å². The molecule has 0 fully saturated rings. The van der Waals surface area contributed by atoms with Crippen molar-refractivity contribution in [1.82, 2.24) is 14.5 Å². The maximum absolute atomic E-state index is 6.92. The van der Waals surface area contributed by atoms with E-state index >= 15 is 0 Å². The summed E-state index contributed by atoms with van der Waals surface area (Å²) >= 11 is 0. The van der Waals surface area contributed by atoms with Gasteiger partial charge >= 0.3 is 0 Å². The van der Waals surface area contributed by atoms with Crippen molar-refractivity contribution in [2.45, 2.75) is 0 Å². The van der Waals surface area contributed by atoms with E-state index in [1.54, 1.807) is 0 Å². The predicted molar refractivity (Wildman–Crippen MR) is 182 cm³/mol. The monoisotopic (exact) mass is 577 g/mol. The van der Waals surface area contributed by atoms with Crippen LogP contribution in [0.15, 0.2) is 148 Å². The van der Waals surface area contributed by atoms with Gasteiger partial charge in [-0.15, -0.1) is 0 Å². The van der Waals surface area contributed by atoms with Crippen LogP contribution in [0.2, 0.25) is 0 Å². The van der Waals surface area contributed by atoms with Gasteiger partial charge in [0.05, 0.1) is 22.0 Å². The van der Waals surface area contributed by atoms with Crippen molar-refractivity contribution < 1.29 is 8.83 Å². The van der Waals surface area contributed by atoms with Crippen LogP contribution in [0, 0.1) is 0 Å². The molecule has 0 spiro atoms. The highest BCUT2D eigenvalue weighted by molar-refractivity contribution is 6.24. The Morgan fingerprint density at radius 2 is 1.18 bits per heavy atom. The third-order valence-corrected chi connectivity index (χ3v) is 8.82. The van der Waals surface area contributed by atoms with Gasteiger partial charge in [-0.3, -0.25) is 0 Å². The van der Waals surface area contributed by atoms with Crippen LogP contribution in [0.5, 0.6) is 0 Å². The van der Waals surface area contributed by atoms with Gasteiger partial charge in [0.25, 0.3) is 0 Å². The fourth-order valence-electron chi connectivity index (χ4n) is 6.84. The van der Waals surface area contributed by atoms with E-state index in [0.717, 1.165) is 82.7 Å². The molecule has 10 aromatic rings. The molecule has 0 aliphatic rings. The highest BCUT2D eigenvalue weighted by Crippen LogP contribution is 2.43. The molecule has 4 aromatic heterocycles. The SMILES string of the molecule is c1ccc(-c2nc(-c3cccc4c3oc3c4ccc4c3c3ccccc3n4-c3ccccc3)nc3c2oc2ccccc23)cc1. The second-order valence-corrected chi connectivity index (χ2v) is 11.3. The molecule has 0 unspecified atom stereocenters. The molecule has 0 N–H and O–H groups in total. The topological polar surface area (TPSA) is 57.0 Å². The lowest BCUT2D eigenvalue weighted by atomic mass is 10.1. The molecular weight excluding hydrogens is 554 g/mol. The van der Waals surface area contributed by atoms with Crippen LogP contribution in [-0.4, -0.2) is 14.5 Å².